The van der Waals surface area contributed by atoms with Gasteiger partial charge >= 0.3 is 5.63 Å². The lowest BCUT2D eigenvalue weighted by atomic mass is 10.0. The van der Waals surface area contributed by atoms with Crippen LogP contribution in [0.2, 0.25) is 0 Å². The highest BCUT2D eigenvalue weighted by Crippen LogP contribution is 2.35. The van der Waals surface area contributed by atoms with E-state index in [2.05, 4.69) is 5.32 Å². The minimum atomic E-state index is -0.780. The van der Waals surface area contributed by atoms with Crippen molar-refractivity contribution < 1.29 is 19.1 Å². The zero-order valence-electron chi connectivity index (χ0n) is 16.2. The molecular weight excluding hydrogens is 370 g/mol. The largest absolute Gasteiger partial charge is 0.483 e. The Balaban J connectivity index is 1.48. The van der Waals surface area contributed by atoms with Gasteiger partial charge in [0.2, 0.25) is 0 Å². The summed E-state index contributed by atoms with van der Waals surface area (Å²) in [6.45, 7) is 1.80. The van der Waals surface area contributed by atoms with Crippen molar-refractivity contribution in [1.82, 2.24) is 5.32 Å². The third kappa shape index (κ3) is 4.03. The lowest BCUT2D eigenvalue weighted by Gasteiger charge is -2.14. The number of aliphatic hydroxyl groups is 1. The Hall–Kier alpha value is -3.12. The number of aliphatic hydroxyl groups excluding tert-OH is 1. The first-order valence-corrected chi connectivity index (χ1v) is 9.74. The van der Waals surface area contributed by atoms with Gasteiger partial charge in [-0.25, -0.2) is 4.79 Å². The van der Waals surface area contributed by atoms with Crippen LogP contribution in [0.4, 0.5) is 0 Å². The molecule has 2 aromatic carbocycles. The van der Waals surface area contributed by atoms with E-state index in [1.165, 1.54) is 0 Å². The Labute approximate surface area is 168 Å². The molecule has 1 aliphatic rings. The van der Waals surface area contributed by atoms with Crippen molar-refractivity contribution in [3.8, 4) is 5.75 Å². The Kier molecular flexibility index (Phi) is 5.36. The summed E-state index contributed by atoms with van der Waals surface area (Å²) in [7, 11) is 0. The highest BCUT2D eigenvalue weighted by Gasteiger charge is 2.22. The Morgan fingerprint density at radius 2 is 1.97 bits per heavy atom. The zero-order chi connectivity index (χ0) is 20.4. The molecule has 6 heteroatoms. The summed E-state index contributed by atoms with van der Waals surface area (Å²) in [5.74, 6) is 0.212. The van der Waals surface area contributed by atoms with Gasteiger partial charge in [-0.1, -0.05) is 30.3 Å². The first kappa shape index (κ1) is 19.2. The van der Waals surface area contributed by atoms with E-state index in [0.717, 1.165) is 34.9 Å². The fourth-order valence-electron chi connectivity index (χ4n) is 3.82. The first-order valence-electron chi connectivity index (χ1n) is 9.74. The van der Waals surface area contributed by atoms with Crippen LogP contribution < -0.4 is 15.7 Å². The zero-order valence-corrected chi connectivity index (χ0v) is 16.2. The molecule has 1 aromatic heterocycles. The molecule has 0 aliphatic heterocycles. The van der Waals surface area contributed by atoms with Crippen LogP contribution in [0.3, 0.4) is 0 Å². The maximum Gasteiger partial charge on any atom is 0.339 e. The maximum absolute atomic E-state index is 12.2. The lowest BCUT2D eigenvalue weighted by Crippen LogP contribution is -2.32. The minimum absolute atomic E-state index is 0.102. The molecule has 0 spiro atoms. The van der Waals surface area contributed by atoms with Crippen LogP contribution in [0.15, 0.2) is 51.7 Å². The van der Waals surface area contributed by atoms with E-state index in [-0.39, 0.29) is 24.7 Å². The van der Waals surface area contributed by atoms with Crippen molar-refractivity contribution in [3.63, 3.8) is 0 Å². The first-order chi connectivity index (χ1) is 14.0. The fourth-order valence-corrected chi connectivity index (χ4v) is 3.82. The number of carbonyl (C=O) groups excluding carboxylic acids is 1. The molecule has 0 saturated heterocycles. The van der Waals surface area contributed by atoms with Gasteiger partial charge in [-0.15, -0.1) is 0 Å². The molecule has 1 heterocycles. The van der Waals surface area contributed by atoms with Crippen LogP contribution in [0.1, 0.15) is 34.8 Å². The summed E-state index contributed by atoms with van der Waals surface area (Å²) in [6.07, 6.45) is 1.63. The second kappa shape index (κ2) is 8.09. The minimum Gasteiger partial charge on any atom is -0.483 e. The van der Waals surface area contributed by atoms with Crippen LogP contribution in [-0.4, -0.2) is 24.2 Å². The molecule has 2 N–H and O–H groups in total. The lowest BCUT2D eigenvalue weighted by molar-refractivity contribution is -0.123. The Morgan fingerprint density at radius 3 is 2.76 bits per heavy atom. The molecule has 0 radical (unpaired) electrons. The van der Waals surface area contributed by atoms with Crippen molar-refractivity contribution in [3.05, 3.63) is 75.1 Å². The number of ether oxygens (including phenoxy) is 1. The molecule has 1 amide bonds. The average Bonchev–Trinajstić information content (AvgIpc) is 3.21. The number of amides is 1. The van der Waals surface area contributed by atoms with E-state index in [0.29, 0.717) is 23.3 Å². The SMILES string of the molecule is Cc1cc(OCC(=O)NC[C@@H](O)c2ccccc2)c2c3c(c(=O)oc2c1)CCC3. The quantitative estimate of drug-likeness (QED) is 0.629. The Bertz CT molecular complexity index is 1100. The van der Waals surface area contributed by atoms with Gasteiger partial charge in [0.25, 0.3) is 5.91 Å². The summed E-state index contributed by atoms with van der Waals surface area (Å²) in [5.41, 5.74) is 3.50. The standard InChI is InChI=1S/C23H23NO5/c1-14-10-19(22-16-8-5-9-17(16)23(27)29-20(22)11-14)28-13-21(26)24-12-18(25)15-6-3-2-4-7-15/h2-4,6-7,10-11,18,25H,5,8-9,12-13H2,1H3,(H,24,26)/t18-/m1/s1. The van der Waals surface area contributed by atoms with E-state index >= 15 is 0 Å². The fraction of sp³-hybridized carbons (Fsp3) is 0.304. The van der Waals surface area contributed by atoms with Crippen molar-refractivity contribution in [2.45, 2.75) is 32.3 Å². The molecule has 29 heavy (non-hydrogen) atoms. The summed E-state index contributed by atoms with van der Waals surface area (Å²) in [5, 5.41) is 13.6. The third-order valence-corrected chi connectivity index (χ3v) is 5.21. The Morgan fingerprint density at radius 1 is 1.21 bits per heavy atom. The van der Waals surface area contributed by atoms with Gasteiger partial charge in [-0.05, 0) is 55.0 Å². The monoisotopic (exact) mass is 393 g/mol. The van der Waals surface area contributed by atoms with Gasteiger partial charge < -0.3 is 19.6 Å². The molecule has 6 nitrogen and oxygen atoms in total. The van der Waals surface area contributed by atoms with E-state index in [1.54, 1.807) is 12.1 Å². The van der Waals surface area contributed by atoms with Gasteiger partial charge in [0, 0.05) is 12.1 Å². The summed E-state index contributed by atoms with van der Waals surface area (Å²) in [4.78, 5) is 24.4. The number of aryl methyl sites for hydroxylation is 2. The number of hydrogen-bond acceptors (Lipinski definition) is 5. The molecule has 1 atom stereocenters. The number of carbonyl (C=O) groups is 1. The molecule has 0 unspecified atom stereocenters. The molecule has 4 rings (SSSR count). The molecule has 0 bridgehead atoms. The second-order valence-corrected chi connectivity index (χ2v) is 7.36. The van der Waals surface area contributed by atoms with E-state index < -0.39 is 6.10 Å². The highest BCUT2D eigenvalue weighted by atomic mass is 16.5. The summed E-state index contributed by atoms with van der Waals surface area (Å²) in [6, 6.07) is 12.8. The smallest absolute Gasteiger partial charge is 0.339 e. The van der Waals surface area contributed by atoms with E-state index in [4.69, 9.17) is 9.15 Å². The van der Waals surface area contributed by atoms with Gasteiger partial charge in [-0.2, -0.15) is 0 Å². The van der Waals surface area contributed by atoms with Crippen molar-refractivity contribution in [1.29, 1.82) is 0 Å². The van der Waals surface area contributed by atoms with Crippen LogP contribution in [0.5, 0.6) is 5.75 Å². The predicted octanol–water partition coefficient (Wildman–Crippen LogP) is 2.82. The number of rotatable bonds is 6. The van der Waals surface area contributed by atoms with E-state index in [9.17, 15) is 14.7 Å². The number of nitrogens with one attached hydrogen (secondary N) is 1. The molecule has 0 fully saturated rings. The van der Waals surface area contributed by atoms with Crippen molar-refractivity contribution in [2.24, 2.45) is 0 Å². The van der Waals surface area contributed by atoms with Gasteiger partial charge in [0.15, 0.2) is 6.61 Å². The summed E-state index contributed by atoms with van der Waals surface area (Å²) < 4.78 is 11.3. The van der Waals surface area contributed by atoms with E-state index in [1.807, 2.05) is 37.3 Å². The van der Waals surface area contributed by atoms with Crippen LogP contribution >= 0.6 is 0 Å². The maximum atomic E-state index is 12.2. The highest BCUT2D eigenvalue weighted by molar-refractivity contribution is 5.89. The number of fused-ring (bicyclic) bond motifs is 3. The normalized spacial score (nSPS) is 13.9. The molecule has 3 aromatic rings. The van der Waals surface area contributed by atoms with Crippen molar-refractivity contribution >= 4 is 16.9 Å². The van der Waals surface area contributed by atoms with Crippen LogP contribution in [0, 0.1) is 6.92 Å². The van der Waals surface area contributed by atoms with Gasteiger partial charge in [-0.3, -0.25) is 4.79 Å². The average molecular weight is 393 g/mol. The van der Waals surface area contributed by atoms with Crippen LogP contribution in [0.25, 0.3) is 11.0 Å². The molecule has 0 saturated carbocycles. The topological polar surface area (TPSA) is 88.8 Å². The van der Waals surface area contributed by atoms with Gasteiger partial charge in [0.05, 0.1) is 11.5 Å². The molecule has 150 valence electrons. The van der Waals surface area contributed by atoms with Crippen molar-refractivity contribution in [2.75, 3.05) is 13.2 Å². The second-order valence-electron chi connectivity index (χ2n) is 7.36. The summed E-state index contributed by atoms with van der Waals surface area (Å²) >= 11 is 0. The molecular formula is C23H23NO5. The number of benzene rings is 2. The molecule has 1 aliphatic carbocycles. The third-order valence-electron chi connectivity index (χ3n) is 5.21. The predicted molar refractivity (Wildman–Crippen MR) is 109 cm³/mol. The van der Waals surface area contributed by atoms with Gasteiger partial charge in [0.1, 0.15) is 11.3 Å². The number of hydrogen-bond donors (Lipinski definition) is 2. The van der Waals surface area contributed by atoms with Crippen LogP contribution in [-0.2, 0) is 17.6 Å².